The van der Waals surface area contributed by atoms with Crippen LogP contribution in [0.2, 0.25) is 0 Å². The monoisotopic (exact) mass is 680 g/mol. The maximum absolute atomic E-state index is 12.2. The lowest BCUT2D eigenvalue weighted by Crippen LogP contribution is -2.29. The Kier molecular flexibility index (Phi) is 22.4. The van der Waals surface area contributed by atoms with Gasteiger partial charge in [0.15, 0.2) is 12.2 Å². The van der Waals surface area contributed by atoms with Crippen molar-refractivity contribution >= 4 is 39.5 Å². The van der Waals surface area contributed by atoms with E-state index in [1.54, 1.807) is 0 Å². The number of carbonyl (C=O) groups is 4. The molecule has 17 nitrogen and oxygen atoms in total. The van der Waals surface area contributed by atoms with Gasteiger partial charge in [0, 0.05) is 26.7 Å². The predicted octanol–water partition coefficient (Wildman–Crippen LogP) is 2.72. The van der Waals surface area contributed by atoms with E-state index in [4.69, 9.17) is 28.0 Å². The number of carbonyl (C=O) groups excluding carboxylic acids is 4. The highest BCUT2D eigenvalue weighted by atomic mass is 31.2. The number of rotatable bonds is 26. The largest absolute Gasteiger partial charge is 0.472 e. The summed E-state index contributed by atoms with van der Waals surface area (Å²) in [6.45, 7) is 2.03. The van der Waals surface area contributed by atoms with Gasteiger partial charge in [0.2, 0.25) is 0 Å². The predicted molar refractivity (Wildman–Crippen MR) is 151 cm³/mol. The van der Waals surface area contributed by atoms with Crippen LogP contribution in [0.5, 0.6) is 0 Å². The molecule has 0 spiro atoms. The van der Waals surface area contributed by atoms with Crippen LogP contribution in [-0.4, -0.2) is 96.7 Å². The summed E-state index contributed by atoms with van der Waals surface area (Å²) in [6, 6.07) is 0. The van der Waals surface area contributed by atoms with Gasteiger partial charge in [-0.05, 0) is 12.8 Å². The van der Waals surface area contributed by atoms with Crippen molar-refractivity contribution < 1.29 is 80.2 Å². The van der Waals surface area contributed by atoms with E-state index in [0.29, 0.717) is 12.8 Å². The molecule has 0 rings (SSSR count). The second-order valence-corrected chi connectivity index (χ2v) is 12.4. The van der Waals surface area contributed by atoms with Gasteiger partial charge in [-0.25, -0.2) is 9.13 Å². The number of phosphoric acid groups is 2. The van der Waals surface area contributed by atoms with E-state index < -0.39 is 97.5 Å². The number of hydrogen-bond donors (Lipinski definition) is 3. The number of hydrogen-bond acceptors (Lipinski definition) is 15. The number of aliphatic hydroxyl groups is 1. The van der Waals surface area contributed by atoms with Crippen molar-refractivity contribution in [2.24, 2.45) is 0 Å². The first-order valence-corrected chi connectivity index (χ1v) is 17.2. The van der Waals surface area contributed by atoms with E-state index in [2.05, 4.69) is 9.05 Å². The van der Waals surface area contributed by atoms with Gasteiger partial charge in [0.05, 0.1) is 26.4 Å². The van der Waals surface area contributed by atoms with E-state index in [1.165, 1.54) is 0 Å². The Bertz CT molecular complexity index is 959. The molecule has 0 aromatic carbocycles. The molecule has 5 atom stereocenters. The second-order valence-electron chi connectivity index (χ2n) is 9.52. The van der Waals surface area contributed by atoms with Crippen molar-refractivity contribution in [3.8, 4) is 0 Å². The van der Waals surface area contributed by atoms with Crippen LogP contribution in [0.25, 0.3) is 0 Å². The average molecular weight is 681 g/mol. The molecule has 44 heavy (non-hydrogen) atoms. The minimum Gasteiger partial charge on any atom is -0.462 e. The van der Waals surface area contributed by atoms with Crippen molar-refractivity contribution in [2.45, 2.75) is 97.4 Å². The average Bonchev–Trinajstić information content (AvgIpc) is 2.94. The highest BCUT2D eigenvalue weighted by Gasteiger charge is 2.30. The third-order valence-corrected chi connectivity index (χ3v) is 7.12. The van der Waals surface area contributed by atoms with Gasteiger partial charge in [0.25, 0.3) is 0 Å². The molecule has 0 aliphatic heterocycles. The topological polar surface area (TPSA) is 237 Å². The molecule has 3 N–H and O–H groups in total. The molecule has 2 unspecified atom stereocenters. The van der Waals surface area contributed by atoms with Crippen molar-refractivity contribution in [2.75, 3.05) is 39.6 Å². The molecule has 0 aromatic heterocycles. The molecule has 0 radical (unpaired) electrons. The van der Waals surface area contributed by atoms with E-state index in [1.807, 2.05) is 13.8 Å². The van der Waals surface area contributed by atoms with Crippen molar-refractivity contribution in [3.05, 3.63) is 0 Å². The Labute approximate surface area is 257 Å². The van der Waals surface area contributed by atoms with Gasteiger partial charge in [-0.15, -0.1) is 0 Å². The molecular formula is C25H46O17P2. The molecule has 0 aliphatic carbocycles. The van der Waals surface area contributed by atoms with Crippen molar-refractivity contribution in [3.63, 3.8) is 0 Å². The molecule has 19 heteroatoms. The molecule has 0 aliphatic rings. The standard InChI is InChI=1S/C25H46O17P2/c1-5-7-9-10-12-25(30)42-23(16-36-20(4)27)18-40-44(33,34)38-14-21(28)13-37-43(31,32)39-17-22(15-35-19(3)26)41-24(29)11-8-6-2/h21-23,28H,5-18H2,1-4H3,(H,31,32)(H,33,34)/t21-,22+,23+/m0/s1. The summed E-state index contributed by atoms with van der Waals surface area (Å²) in [4.78, 5) is 66.0. The third-order valence-electron chi connectivity index (χ3n) is 5.22. The van der Waals surface area contributed by atoms with Gasteiger partial charge in [0.1, 0.15) is 19.3 Å². The molecule has 0 heterocycles. The quantitative estimate of drug-likeness (QED) is 0.0515. The first kappa shape index (κ1) is 42.1. The zero-order chi connectivity index (χ0) is 33.6. The highest BCUT2D eigenvalue weighted by molar-refractivity contribution is 7.47. The summed E-state index contributed by atoms with van der Waals surface area (Å²) in [7, 11) is -9.69. The van der Waals surface area contributed by atoms with E-state index in [0.717, 1.165) is 39.5 Å². The van der Waals surface area contributed by atoms with Crippen LogP contribution in [0.1, 0.15) is 79.1 Å². The molecule has 0 amide bonds. The zero-order valence-corrected chi connectivity index (χ0v) is 27.4. The molecule has 0 fully saturated rings. The van der Waals surface area contributed by atoms with Crippen molar-refractivity contribution in [1.29, 1.82) is 0 Å². The maximum atomic E-state index is 12.2. The minimum atomic E-state index is -4.85. The summed E-state index contributed by atoms with van der Waals surface area (Å²) >= 11 is 0. The Balaban J connectivity index is 4.77. The fraction of sp³-hybridized carbons (Fsp3) is 0.840. The molecule has 0 aromatic rings. The molecule has 0 saturated heterocycles. The fourth-order valence-corrected chi connectivity index (χ4v) is 4.58. The summed E-state index contributed by atoms with van der Waals surface area (Å²) in [5.74, 6) is -2.62. The van der Waals surface area contributed by atoms with E-state index in [-0.39, 0.29) is 12.8 Å². The first-order chi connectivity index (χ1) is 20.6. The number of phosphoric ester groups is 2. The summed E-state index contributed by atoms with van der Waals surface area (Å²) in [5, 5.41) is 9.98. The molecular weight excluding hydrogens is 634 g/mol. The van der Waals surface area contributed by atoms with Crippen LogP contribution in [0, 0.1) is 0 Å². The van der Waals surface area contributed by atoms with Crippen LogP contribution < -0.4 is 0 Å². The van der Waals surface area contributed by atoms with Crippen molar-refractivity contribution in [1.82, 2.24) is 0 Å². The van der Waals surface area contributed by atoms with Crippen LogP contribution in [-0.2, 0) is 65.4 Å². The van der Waals surface area contributed by atoms with E-state index in [9.17, 15) is 43.2 Å². The van der Waals surface area contributed by atoms with E-state index >= 15 is 0 Å². The Morgan fingerprint density at radius 2 is 0.977 bits per heavy atom. The number of esters is 4. The lowest BCUT2D eigenvalue weighted by molar-refractivity contribution is -0.160. The Hall–Kier alpha value is -1.94. The summed E-state index contributed by atoms with van der Waals surface area (Å²) in [5.41, 5.74) is 0. The number of ether oxygens (including phenoxy) is 4. The molecule has 258 valence electrons. The van der Waals surface area contributed by atoms with Gasteiger partial charge >= 0.3 is 39.5 Å². The van der Waals surface area contributed by atoms with Crippen LogP contribution in [0.3, 0.4) is 0 Å². The first-order valence-electron chi connectivity index (χ1n) is 14.2. The zero-order valence-electron chi connectivity index (χ0n) is 25.6. The number of aliphatic hydroxyl groups excluding tert-OH is 1. The number of unbranched alkanes of at least 4 members (excludes halogenated alkanes) is 4. The normalized spacial score (nSPS) is 16.1. The second kappa shape index (κ2) is 23.4. The van der Waals surface area contributed by atoms with Crippen LogP contribution >= 0.6 is 15.6 Å². The smallest absolute Gasteiger partial charge is 0.462 e. The Morgan fingerprint density at radius 3 is 1.36 bits per heavy atom. The van der Waals surface area contributed by atoms with Crippen LogP contribution in [0.4, 0.5) is 0 Å². The Morgan fingerprint density at radius 1 is 0.591 bits per heavy atom. The van der Waals surface area contributed by atoms with Gasteiger partial charge < -0.3 is 33.8 Å². The summed E-state index contributed by atoms with van der Waals surface area (Å²) in [6.07, 6.45) is 0.544. The maximum Gasteiger partial charge on any atom is 0.472 e. The fourth-order valence-electron chi connectivity index (χ4n) is 3.00. The van der Waals surface area contributed by atoms with Gasteiger partial charge in [-0.1, -0.05) is 39.5 Å². The van der Waals surface area contributed by atoms with Gasteiger partial charge in [-0.2, -0.15) is 0 Å². The molecule has 0 bridgehead atoms. The van der Waals surface area contributed by atoms with Crippen LogP contribution in [0.15, 0.2) is 0 Å². The highest BCUT2D eigenvalue weighted by Crippen LogP contribution is 2.45. The third kappa shape index (κ3) is 24.4. The SMILES string of the molecule is CCCCCCC(=O)O[C@H](COC(C)=O)COP(=O)(O)OC[C@@H](O)COP(=O)(O)OC[C@@H](COC(C)=O)OC(=O)CCCC. The lowest BCUT2D eigenvalue weighted by Gasteiger charge is -2.21. The summed E-state index contributed by atoms with van der Waals surface area (Å²) < 4.78 is 63.1. The lowest BCUT2D eigenvalue weighted by atomic mass is 10.1. The van der Waals surface area contributed by atoms with Gasteiger partial charge in [-0.3, -0.25) is 37.3 Å². The molecule has 0 saturated carbocycles. The minimum absolute atomic E-state index is 0.0715.